The molecular formula is C11H6ClF3N2. The van der Waals surface area contributed by atoms with Crippen molar-refractivity contribution in [2.24, 2.45) is 4.99 Å². The van der Waals surface area contributed by atoms with Crippen LogP contribution in [0.4, 0.5) is 18.9 Å². The molecule has 0 bridgehead atoms. The Morgan fingerprint density at radius 2 is 2.00 bits per heavy atom. The summed E-state index contributed by atoms with van der Waals surface area (Å²) in [5.74, 6) is 0. The van der Waals surface area contributed by atoms with E-state index in [1.807, 2.05) is 0 Å². The molecule has 1 aromatic heterocycles. The van der Waals surface area contributed by atoms with Crippen LogP contribution in [-0.2, 0) is 0 Å². The highest BCUT2D eigenvalue weighted by Gasteiger charge is 2.34. The van der Waals surface area contributed by atoms with Gasteiger partial charge in [0.1, 0.15) is 0 Å². The summed E-state index contributed by atoms with van der Waals surface area (Å²) in [6.45, 7) is 0. The van der Waals surface area contributed by atoms with Crippen LogP contribution in [0.1, 0.15) is 0 Å². The molecule has 0 amide bonds. The van der Waals surface area contributed by atoms with Crippen molar-refractivity contribution in [1.82, 2.24) is 4.98 Å². The lowest BCUT2D eigenvalue weighted by Gasteiger charge is -2.05. The standard InChI is InChI=1S/C11H6ClF3N2/c12-10(11(13,14)15)17-9-3-1-2-7-6-16-5-4-8(7)9/h1-6H. The second-order valence-corrected chi connectivity index (χ2v) is 3.63. The van der Waals surface area contributed by atoms with Crippen molar-refractivity contribution in [2.45, 2.75) is 6.18 Å². The average Bonchev–Trinajstić information content (AvgIpc) is 2.28. The first-order chi connectivity index (χ1) is 7.98. The number of aromatic nitrogens is 1. The van der Waals surface area contributed by atoms with Gasteiger partial charge in [0.25, 0.3) is 0 Å². The largest absolute Gasteiger partial charge is 0.444 e. The maximum Gasteiger partial charge on any atom is 0.444 e. The molecule has 6 heteroatoms. The van der Waals surface area contributed by atoms with Gasteiger partial charge in [-0.25, -0.2) is 4.99 Å². The molecule has 2 rings (SSSR count). The predicted molar refractivity (Wildman–Crippen MR) is 60.7 cm³/mol. The van der Waals surface area contributed by atoms with E-state index in [2.05, 4.69) is 9.98 Å². The molecule has 0 aliphatic heterocycles. The zero-order chi connectivity index (χ0) is 12.5. The molecule has 0 unspecified atom stereocenters. The van der Waals surface area contributed by atoms with Gasteiger partial charge >= 0.3 is 6.18 Å². The summed E-state index contributed by atoms with van der Waals surface area (Å²) in [6, 6.07) is 6.40. The number of pyridine rings is 1. The van der Waals surface area contributed by atoms with Gasteiger partial charge in [-0.1, -0.05) is 23.7 Å². The Hall–Kier alpha value is -1.62. The molecule has 1 heterocycles. The van der Waals surface area contributed by atoms with E-state index in [1.54, 1.807) is 24.4 Å². The van der Waals surface area contributed by atoms with E-state index in [4.69, 9.17) is 11.6 Å². The smallest absolute Gasteiger partial charge is 0.264 e. The molecule has 0 saturated heterocycles. The minimum absolute atomic E-state index is 0.173. The minimum Gasteiger partial charge on any atom is -0.264 e. The lowest BCUT2D eigenvalue weighted by atomic mass is 10.1. The maximum atomic E-state index is 12.3. The third-order valence-electron chi connectivity index (χ3n) is 2.11. The van der Waals surface area contributed by atoms with E-state index >= 15 is 0 Å². The van der Waals surface area contributed by atoms with Crippen LogP contribution in [0.25, 0.3) is 10.8 Å². The van der Waals surface area contributed by atoms with Crippen LogP contribution in [0, 0.1) is 0 Å². The van der Waals surface area contributed by atoms with E-state index in [0.717, 1.165) is 0 Å². The molecule has 0 N–H and O–H groups in total. The van der Waals surface area contributed by atoms with Crippen molar-refractivity contribution < 1.29 is 13.2 Å². The summed E-state index contributed by atoms with van der Waals surface area (Å²) in [5, 5.41) is -0.105. The van der Waals surface area contributed by atoms with E-state index in [9.17, 15) is 13.2 Å². The lowest BCUT2D eigenvalue weighted by molar-refractivity contribution is -0.0558. The molecular weight excluding hydrogens is 253 g/mol. The number of nitrogens with zero attached hydrogens (tertiary/aromatic N) is 2. The average molecular weight is 259 g/mol. The summed E-state index contributed by atoms with van der Waals surface area (Å²) >= 11 is 5.10. The monoisotopic (exact) mass is 258 g/mol. The normalized spacial score (nSPS) is 13.1. The van der Waals surface area contributed by atoms with E-state index in [-0.39, 0.29) is 5.69 Å². The van der Waals surface area contributed by atoms with Crippen molar-refractivity contribution in [3.05, 3.63) is 36.7 Å². The molecule has 0 aliphatic rings. The fraction of sp³-hybridized carbons (Fsp3) is 0.0909. The minimum atomic E-state index is -4.63. The molecule has 1 aromatic carbocycles. The summed E-state index contributed by atoms with van der Waals surface area (Å²) in [7, 11) is 0. The van der Waals surface area contributed by atoms with Gasteiger partial charge in [0.05, 0.1) is 5.69 Å². The number of halogens is 4. The first-order valence-electron chi connectivity index (χ1n) is 4.62. The SMILES string of the molecule is FC(F)(F)C(Cl)=Nc1cccc2cnccc12. The molecule has 0 atom stereocenters. The number of aliphatic imine (C=N–C) groups is 1. The van der Waals surface area contributed by atoms with Crippen LogP contribution in [0.2, 0.25) is 0 Å². The maximum absolute atomic E-state index is 12.3. The van der Waals surface area contributed by atoms with Crippen LogP contribution in [0.15, 0.2) is 41.7 Å². The fourth-order valence-corrected chi connectivity index (χ4v) is 1.46. The Kier molecular flexibility index (Phi) is 3.02. The van der Waals surface area contributed by atoms with Gasteiger partial charge in [0.2, 0.25) is 5.17 Å². The van der Waals surface area contributed by atoms with Crippen LogP contribution in [0.5, 0.6) is 0 Å². The number of benzene rings is 1. The van der Waals surface area contributed by atoms with Gasteiger partial charge in [-0.05, 0) is 12.1 Å². The second kappa shape index (κ2) is 4.33. The number of alkyl halides is 3. The molecule has 0 spiro atoms. The molecule has 0 aliphatic carbocycles. The molecule has 2 nitrogen and oxygen atoms in total. The third kappa shape index (κ3) is 2.55. The molecule has 0 fully saturated rings. The van der Waals surface area contributed by atoms with Gasteiger partial charge in [0.15, 0.2) is 0 Å². The predicted octanol–water partition coefficient (Wildman–Crippen LogP) is 4.07. The summed E-state index contributed by atoms with van der Waals surface area (Å²) in [4.78, 5) is 7.27. The molecule has 0 saturated carbocycles. The summed E-state index contributed by atoms with van der Waals surface area (Å²) < 4.78 is 36.8. The van der Waals surface area contributed by atoms with E-state index < -0.39 is 11.3 Å². The Labute approximate surface area is 99.8 Å². The zero-order valence-corrected chi connectivity index (χ0v) is 9.13. The van der Waals surface area contributed by atoms with Crippen molar-refractivity contribution in [3.8, 4) is 0 Å². The number of rotatable bonds is 1. The Balaban J connectivity index is 2.57. The van der Waals surface area contributed by atoms with Gasteiger partial charge in [-0.2, -0.15) is 13.2 Å². The van der Waals surface area contributed by atoms with Gasteiger partial charge in [-0.3, -0.25) is 4.98 Å². The molecule has 17 heavy (non-hydrogen) atoms. The van der Waals surface area contributed by atoms with E-state index in [1.165, 1.54) is 12.3 Å². The number of hydrogen-bond acceptors (Lipinski definition) is 2. The van der Waals surface area contributed by atoms with Gasteiger partial charge < -0.3 is 0 Å². The zero-order valence-electron chi connectivity index (χ0n) is 8.37. The molecule has 0 radical (unpaired) electrons. The number of hydrogen-bond donors (Lipinski definition) is 0. The van der Waals surface area contributed by atoms with Crippen molar-refractivity contribution in [3.63, 3.8) is 0 Å². The number of fused-ring (bicyclic) bond motifs is 1. The third-order valence-corrected chi connectivity index (χ3v) is 2.41. The Bertz CT molecular complexity index is 573. The first-order valence-corrected chi connectivity index (χ1v) is 5.00. The Morgan fingerprint density at radius 3 is 2.71 bits per heavy atom. The lowest BCUT2D eigenvalue weighted by Crippen LogP contribution is -2.16. The van der Waals surface area contributed by atoms with Crippen LogP contribution in [-0.4, -0.2) is 16.3 Å². The summed E-state index contributed by atoms with van der Waals surface area (Å²) in [5.41, 5.74) is 0.173. The highest BCUT2D eigenvalue weighted by atomic mass is 35.5. The van der Waals surface area contributed by atoms with Crippen molar-refractivity contribution >= 4 is 33.2 Å². The molecule has 88 valence electrons. The van der Waals surface area contributed by atoms with Crippen LogP contribution >= 0.6 is 11.6 Å². The van der Waals surface area contributed by atoms with Crippen LogP contribution < -0.4 is 0 Å². The summed E-state index contributed by atoms with van der Waals surface area (Å²) in [6.07, 6.45) is -1.59. The Morgan fingerprint density at radius 1 is 1.24 bits per heavy atom. The van der Waals surface area contributed by atoms with Crippen LogP contribution in [0.3, 0.4) is 0 Å². The fourth-order valence-electron chi connectivity index (χ4n) is 1.37. The quantitative estimate of drug-likeness (QED) is 0.708. The molecule has 2 aromatic rings. The highest BCUT2D eigenvalue weighted by molar-refractivity contribution is 6.67. The van der Waals surface area contributed by atoms with E-state index in [0.29, 0.717) is 10.8 Å². The second-order valence-electron chi connectivity index (χ2n) is 3.27. The topological polar surface area (TPSA) is 25.2 Å². The van der Waals surface area contributed by atoms with Gasteiger partial charge in [0, 0.05) is 23.2 Å². The highest BCUT2D eigenvalue weighted by Crippen LogP contribution is 2.28. The van der Waals surface area contributed by atoms with Crippen molar-refractivity contribution in [2.75, 3.05) is 0 Å². The van der Waals surface area contributed by atoms with Crippen molar-refractivity contribution in [1.29, 1.82) is 0 Å². The first kappa shape index (κ1) is 11.9. The van der Waals surface area contributed by atoms with Gasteiger partial charge in [-0.15, -0.1) is 0 Å².